The summed E-state index contributed by atoms with van der Waals surface area (Å²) in [6.45, 7) is 6.43. The lowest BCUT2D eigenvalue weighted by Gasteiger charge is -2.12. The maximum Gasteiger partial charge on any atom is 0.219 e. The van der Waals surface area contributed by atoms with E-state index in [0.717, 1.165) is 16.9 Å². The van der Waals surface area contributed by atoms with Gasteiger partial charge in [-0.1, -0.05) is 17.7 Å². The molecule has 0 aliphatic rings. The molecule has 4 heteroatoms. The summed E-state index contributed by atoms with van der Waals surface area (Å²) in [5.41, 5.74) is 9.69. The Labute approximate surface area is 118 Å². The Hall–Kier alpha value is -1.58. The third-order valence-corrected chi connectivity index (χ3v) is 3.41. The number of hydrogen-bond acceptors (Lipinski definition) is 3. The zero-order valence-corrected chi connectivity index (χ0v) is 12.1. The molecule has 3 nitrogen and oxygen atoms in total. The highest BCUT2D eigenvalue weighted by Gasteiger charge is 2.08. The number of benzene rings is 1. The molecule has 1 aromatic heterocycles. The molecule has 100 valence electrons. The van der Waals surface area contributed by atoms with Crippen LogP contribution in [0.4, 0.5) is 0 Å². The van der Waals surface area contributed by atoms with Gasteiger partial charge in [0, 0.05) is 12.6 Å². The fourth-order valence-electron chi connectivity index (χ4n) is 1.88. The predicted molar refractivity (Wildman–Crippen MR) is 77.9 cm³/mol. The summed E-state index contributed by atoms with van der Waals surface area (Å²) in [7, 11) is 0. The van der Waals surface area contributed by atoms with Crippen LogP contribution in [0.2, 0.25) is 5.02 Å². The molecule has 0 fully saturated rings. The Morgan fingerprint density at radius 3 is 2.63 bits per heavy atom. The molecule has 0 unspecified atom stereocenters. The second-order valence-electron chi connectivity index (χ2n) is 4.59. The van der Waals surface area contributed by atoms with Crippen LogP contribution in [0.25, 0.3) is 0 Å². The minimum absolute atomic E-state index is 0.294. The summed E-state index contributed by atoms with van der Waals surface area (Å²) in [4.78, 5) is 4.31. The first-order valence-corrected chi connectivity index (χ1v) is 6.50. The normalized spacial score (nSPS) is 10.6. The Balaban J connectivity index is 2.36. The molecule has 2 rings (SSSR count). The van der Waals surface area contributed by atoms with E-state index in [2.05, 4.69) is 18.0 Å². The van der Waals surface area contributed by atoms with Crippen LogP contribution in [0.3, 0.4) is 0 Å². The summed E-state index contributed by atoms with van der Waals surface area (Å²) in [6, 6.07) is 7.63. The van der Waals surface area contributed by atoms with Gasteiger partial charge >= 0.3 is 0 Å². The number of pyridine rings is 1. The number of ether oxygens (including phenoxy) is 1. The maximum atomic E-state index is 5.98. The van der Waals surface area contributed by atoms with Crippen LogP contribution in [0.5, 0.6) is 11.6 Å². The lowest BCUT2D eigenvalue weighted by atomic mass is 10.1. The molecule has 1 aromatic carbocycles. The average Bonchev–Trinajstić information content (AvgIpc) is 2.37. The summed E-state index contributed by atoms with van der Waals surface area (Å²) < 4.78 is 5.84. The highest BCUT2D eigenvalue weighted by atomic mass is 35.5. The fraction of sp³-hybridized carbons (Fsp3) is 0.267. The van der Waals surface area contributed by atoms with Gasteiger partial charge in [0.15, 0.2) is 0 Å². The fourth-order valence-corrected chi connectivity index (χ4v) is 2.07. The van der Waals surface area contributed by atoms with Gasteiger partial charge in [-0.2, -0.15) is 0 Å². The Morgan fingerprint density at radius 2 is 1.95 bits per heavy atom. The second kappa shape index (κ2) is 5.59. The highest BCUT2D eigenvalue weighted by molar-refractivity contribution is 6.31. The van der Waals surface area contributed by atoms with Crippen molar-refractivity contribution in [3.63, 3.8) is 0 Å². The molecule has 1 heterocycles. The number of nitrogens with two attached hydrogens (primary N) is 1. The Kier molecular flexibility index (Phi) is 4.08. The molecule has 0 saturated heterocycles. The van der Waals surface area contributed by atoms with E-state index in [0.29, 0.717) is 23.1 Å². The topological polar surface area (TPSA) is 48.1 Å². The van der Waals surface area contributed by atoms with Gasteiger partial charge in [-0.05, 0) is 49.6 Å². The van der Waals surface area contributed by atoms with Crippen molar-refractivity contribution in [2.24, 2.45) is 5.73 Å². The number of nitrogens with zero attached hydrogens (tertiary/aromatic N) is 1. The molecule has 2 N–H and O–H groups in total. The highest BCUT2D eigenvalue weighted by Crippen LogP contribution is 2.28. The van der Waals surface area contributed by atoms with E-state index in [9.17, 15) is 0 Å². The Bertz CT molecular complexity index is 611. The quantitative estimate of drug-likeness (QED) is 0.924. The van der Waals surface area contributed by atoms with Gasteiger partial charge in [-0.15, -0.1) is 0 Å². The predicted octanol–water partition coefficient (Wildman–Crippen LogP) is 3.91. The average molecular weight is 277 g/mol. The maximum absolute atomic E-state index is 5.98. The van der Waals surface area contributed by atoms with Gasteiger partial charge in [0.2, 0.25) is 5.88 Å². The minimum Gasteiger partial charge on any atom is -0.439 e. The van der Waals surface area contributed by atoms with Crippen molar-refractivity contribution < 1.29 is 4.74 Å². The third kappa shape index (κ3) is 3.06. The smallest absolute Gasteiger partial charge is 0.219 e. The van der Waals surface area contributed by atoms with E-state index in [4.69, 9.17) is 22.1 Å². The molecule has 0 saturated carbocycles. The monoisotopic (exact) mass is 276 g/mol. The molecule has 0 aliphatic carbocycles. The lowest BCUT2D eigenvalue weighted by molar-refractivity contribution is 0.456. The van der Waals surface area contributed by atoms with Crippen molar-refractivity contribution in [2.75, 3.05) is 0 Å². The van der Waals surface area contributed by atoms with Gasteiger partial charge in [-0.25, -0.2) is 4.98 Å². The molecule has 0 bridgehead atoms. The summed E-state index contributed by atoms with van der Waals surface area (Å²) in [5, 5.41) is 0.562. The molecular formula is C15H17ClN2O. The molecule has 0 radical (unpaired) electrons. The first-order valence-electron chi connectivity index (χ1n) is 6.12. The summed E-state index contributed by atoms with van der Waals surface area (Å²) in [6.07, 6.45) is 0. The zero-order chi connectivity index (χ0) is 14.0. The van der Waals surface area contributed by atoms with E-state index < -0.39 is 0 Å². The van der Waals surface area contributed by atoms with Crippen LogP contribution in [-0.2, 0) is 6.54 Å². The molecule has 19 heavy (non-hydrogen) atoms. The molecule has 0 aliphatic heterocycles. The second-order valence-corrected chi connectivity index (χ2v) is 5.00. The van der Waals surface area contributed by atoms with E-state index in [-0.39, 0.29) is 0 Å². The number of rotatable bonds is 3. The van der Waals surface area contributed by atoms with Crippen LogP contribution in [0, 0.1) is 20.8 Å². The van der Waals surface area contributed by atoms with Crippen molar-refractivity contribution in [2.45, 2.75) is 27.3 Å². The Morgan fingerprint density at radius 1 is 1.21 bits per heavy atom. The van der Waals surface area contributed by atoms with Crippen LogP contribution < -0.4 is 10.5 Å². The summed E-state index contributed by atoms with van der Waals surface area (Å²) in [5.74, 6) is 1.33. The van der Waals surface area contributed by atoms with Gasteiger partial charge in [-0.3, -0.25) is 0 Å². The van der Waals surface area contributed by atoms with Gasteiger partial charge in [0.25, 0.3) is 0 Å². The lowest BCUT2D eigenvalue weighted by Crippen LogP contribution is -2.02. The number of hydrogen-bond donors (Lipinski definition) is 1. The van der Waals surface area contributed by atoms with E-state index in [1.54, 1.807) is 12.1 Å². The van der Waals surface area contributed by atoms with Gasteiger partial charge in [0.1, 0.15) is 5.75 Å². The number of aryl methyl sites for hydroxylation is 2. The standard InChI is InChI=1S/C15H17ClN2O/c1-9-6-10(2)11(3)14(7-9)19-15-5-4-12(16)13(8-17)18-15/h4-7H,8,17H2,1-3H3. The van der Waals surface area contributed by atoms with Crippen LogP contribution in [0.15, 0.2) is 24.3 Å². The van der Waals surface area contributed by atoms with Crippen molar-refractivity contribution in [3.05, 3.63) is 51.7 Å². The number of aromatic nitrogens is 1. The minimum atomic E-state index is 0.294. The van der Waals surface area contributed by atoms with E-state index in [1.807, 2.05) is 19.9 Å². The van der Waals surface area contributed by atoms with Crippen molar-refractivity contribution >= 4 is 11.6 Å². The van der Waals surface area contributed by atoms with Crippen molar-refractivity contribution in [1.82, 2.24) is 4.98 Å². The van der Waals surface area contributed by atoms with Crippen LogP contribution in [-0.4, -0.2) is 4.98 Å². The number of halogens is 1. The summed E-state index contributed by atoms with van der Waals surface area (Å²) >= 11 is 5.98. The largest absolute Gasteiger partial charge is 0.439 e. The zero-order valence-electron chi connectivity index (χ0n) is 11.3. The van der Waals surface area contributed by atoms with Crippen molar-refractivity contribution in [3.8, 4) is 11.6 Å². The molecule has 0 amide bonds. The van der Waals surface area contributed by atoms with E-state index >= 15 is 0 Å². The molecule has 0 spiro atoms. The first kappa shape index (κ1) is 13.8. The molecule has 0 atom stereocenters. The van der Waals surface area contributed by atoms with Gasteiger partial charge in [0.05, 0.1) is 10.7 Å². The van der Waals surface area contributed by atoms with Crippen molar-refractivity contribution in [1.29, 1.82) is 0 Å². The molecular weight excluding hydrogens is 260 g/mol. The van der Waals surface area contributed by atoms with E-state index in [1.165, 1.54) is 5.56 Å². The van der Waals surface area contributed by atoms with Gasteiger partial charge < -0.3 is 10.5 Å². The third-order valence-electron chi connectivity index (χ3n) is 3.06. The molecule has 2 aromatic rings. The van der Waals surface area contributed by atoms with Crippen LogP contribution >= 0.6 is 11.6 Å². The first-order chi connectivity index (χ1) is 9.01. The van der Waals surface area contributed by atoms with Crippen LogP contribution in [0.1, 0.15) is 22.4 Å². The SMILES string of the molecule is Cc1cc(C)c(C)c(Oc2ccc(Cl)c(CN)n2)c1.